The fourth-order valence-electron chi connectivity index (χ4n) is 2.33. The second-order valence-corrected chi connectivity index (χ2v) is 5.96. The van der Waals surface area contributed by atoms with Crippen molar-refractivity contribution in [1.82, 2.24) is 10.2 Å². The molecule has 0 fully saturated rings. The molecule has 2 nitrogen and oxygen atoms in total. The molecule has 0 radical (unpaired) electrons. The van der Waals surface area contributed by atoms with E-state index in [0.29, 0.717) is 12.1 Å². The highest BCUT2D eigenvalue weighted by molar-refractivity contribution is 5.32. The van der Waals surface area contributed by atoms with E-state index in [1.807, 2.05) is 0 Å². The minimum Gasteiger partial charge on any atom is -0.310 e. The molecule has 0 heterocycles. The van der Waals surface area contributed by atoms with Gasteiger partial charge in [0.05, 0.1) is 0 Å². The normalized spacial score (nSPS) is 13.3. The van der Waals surface area contributed by atoms with Gasteiger partial charge < -0.3 is 10.2 Å². The van der Waals surface area contributed by atoms with E-state index < -0.39 is 0 Å². The number of benzene rings is 1. The summed E-state index contributed by atoms with van der Waals surface area (Å²) in [5.41, 5.74) is 4.15. The van der Waals surface area contributed by atoms with Crippen molar-refractivity contribution in [3.05, 3.63) is 34.9 Å². The number of nitrogens with zero attached hydrogens (tertiary/aromatic N) is 1. The van der Waals surface area contributed by atoms with E-state index in [9.17, 15) is 0 Å². The molecule has 0 saturated carbocycles. The van der Waals surface area contributed by atoms with Crippen LogP contribution in [-0.2, 0) is 0 Å². The third-order valence-electron chi connectivity index (χ3n) is 3.91. The molecule has 108 valence electrons. The second-order valence-electron chi connectivity index (χ2n) is 5.96. The molecule has 0 aromatic heterocycles. The van der Waals surface area contributed by atoms with Crippen molar-refractivity contribution < 1.29 is 0 Å². The number of hydrogen-bond acceptors (Lipinski definition) is 2. The lowest BCUT2D eigenvalue weighted by Gasteiger charge is -2.22. The van der Waals surface area contributed by atoms with E-state index in [0.717, 1.165) is 13.1 Å². The average Bonchev–Trinajstić information content (AvgIpc) is 2.33. The van der Waals surface area contributed by atoms with Crippen LogP contribution in [-0.4, -0.2) is 31.1 Å². The quantitative estimate of drug-likeness (QED) is 0.754. The highest BCUT2D eigenvalue weighted by Crippen LogP contribution is 2.18. The monoisotopic (exact) mass is 262 g/mol. The number of nitrogens with one attached hydrogen (secondary N) is 1. The van der Waals surface area contributed by atoms with Crippen molar-refractivity contribution in [3.8, 4) is 0 Å². The first-order valence-electron chi connectivity index (χ1n) is 7.42. The Bertz CT molecular complexity index is 385. The lowest BCUT2D eigenvalue weighted by atomic mass is 10.0. The zero-order valence-corrected chi connectivity index (χ0v) is 13.5. The summed E-state index contributed by atoms with van der Waals surface area (Å²) in [6.07, 6.45) is 1.20. The summed E-state index contributed by atoms with van der Waals surface area (Å²) in [6, 6.07) is 7.79. The standard InChI is InChI=1S/C17H30N2/c1-13(2)19(6)11-7-10-18-16(5)17-9-8-14(3)12-15(17)4/h8-9,12-13,16,18H,7,10-11H2,1-6H3. The van der Waals surface area contributed by atoms with Gasteiger partial charge in [-0.1, -0.05) is 23.8 Å². The predicted molar refractivity (Wildman–Crippen MR) is 84.7 cm³/mol. The average molecular weight is 262 g/mol. The van der Waals surface area contributed by atoms with Gasteiger partial charge in [-0.25, -0.2) is 0 Å². The molecule has 1 rings (SSSR count). The van der Waals surface area contributed by atoms with Crippen LogP contribution >= 0.6 is 0 Å². The van der Waals surface area contributed by atoms with Gasteiger partial charge in [0.15, 0.2) is 0 Å². The van der Waals surface area contributed by atoms with Crippen LogP contribution in [0, 0.1) is 13.8 Å². The topological polar surface area (TPSA) is 15.3 Å². The van der Waals surface area contributed by atoms with Crippen molar-refractivity contribution in [3.63, 3.8) is 0 Å². The summed E-state index contributed by atoms with van der Waals surface area (Å²) < 4.78 is 0. The van der Waals surface area contributed by atoms with Crippen molar-refractivity contribution in [2.45, 2.75) is 53.1 Å². The Balaban J connectivity index is 2.37. The zero-order valence-electron chi connectivity index (χ0n) is 13.5. The number of rotatable bonds is 7. The van der Waals surface area contributed by atoms with Gasteiger partial charge in [-0.05, 0) is 72.3 Å². The lowest BCUT2D eigenvalue weighted by molar-refractivity contribution is 0.268. The third-order valence-corrected chi connectivity index (χ3v) is 3.91. The van der Waals surface area contributed by atoms with Gasteiger partial charge in [-0.15, -0.1) is 0 Å². The van der Waals surface area contributed by atoms with Crippen LogP contribution in [0.4, 0.5) is 0 Å². The first kappa shape index (κ1) is 16.2. The molecule has 1 atom stereocenters. The molecule has 19 heavy (non-hydrogen) atoms. The summed E-state index contributed by atoms with van der Waals surface area (Å²) in [4.78, 5) is 2.39. The smallest absolute Gasteiger partial charge is 0.0294 e. The van der Waals surface area contributed by atoms with Gasteiger partial charge >= 0.3 is 0 Å². The van der Waals surface area contributed by atoms with E-state index in [-0.39, 0.29) is 0 Å². The molecule has 0 aliphatic rings. The van der Waals surface area contributed by atoms with E-state index in [1.165, 1.54) is 23.1 Å². The largest absolute Gasteiger partial charge is 0.310 e. The highest BCUT2D eigenvalue weighted by Gasteiger charge is 2.08. The minimum absolute atomic E-state index is 0.435. The molecule has 2 heteroatoms. The molecule has 0 spiro atoms. The Morgan fingerprint density at radius 1 is 1.16 bits per heavy atom. The summed E-state index contributed by atoms with van der Waals surface area (Å²) in [5.74, 6) is 0. The molecule has 0 bridgehead atoms. The van der Waals surface area contributed by atoms with Gasteiger partial charge in [-0.2, -0.15) is 0 Å². The van der Waals surface area contributed by atoms with E-state index in [4.69, 9.17) is 0 Å². The van der Waals surface area contributed by atoms with Crippen molar-refractivity contribution >= 4 is 0 Å². The fourth-order valence-corrected chi connectivity index (χ4v) is 2.33. The van der Waals surface area contributed by atoms with Gasteiger partial charge in [0.1, 0.15) is 0 Å². The van der Waals surface area contributed by atoms with Gasteiger partial charge in [-0.3, -0.25) is 0 Å². The van der Waals surface area contributed by atoms with Gasteiger partial charge in [0.25, 0.3) is 0 Å². The fraction of sp³-hybridized carbons (Fsp3) is 0.647. The van der Waals surface area contributed by atoms with Crippen molar-refractivity contribution in [1.29, 1.82) is 0 Å². The Morgan fingerprint density at radius 2 is 1.84 bits per heavy atom. The third kappa shape index (κ3) is 5.33. The van der Waals surface area contributed by atoms with E-state index in [1.54, 1.807) is 0 Å². The zero-order chi connectivity index (χ0) is 14.4. The van der Waals surface area contributed by atoms with Crippen LogP contribution < -0.4 is 5.32 Å². The molecular weight excluding hydrogens is 232 g/mol. The summed E-state index contributed by atoms with van der Waals surface area (Å²) >= 11 is 0. The van der Waals surface area contributed by atoms with Crippen LogP contribution in [0.3, 0.4) is 0 Å². The molecule has 0 amide bonds. The van der Waals surface area contributed by atoms with Crippen LogP contribution in [0.1, 0.15) is 49.9 Å². The van der Waals surface area contributed by atoms with Crippen molar-refractivity contribution in [2.75, 3.05) is 20.1 Å². The Hall–Kier alpha value is -0.860. The summed E-state index contributed by atoms with van der Waals surface area (Å²) in [5, 5.41) is 3.63. The molecule has 1 aromatic carbocycles. The minimum atomic E-state index is 0.435. The Labute approximate surface area is 119 Å². The maximum atomic E-state index is 3.63. The Kier molecular flexibility index (Phi) is 6.53. The highest BCUT2D eigenvalue weighted by atomic mass is 15.1. The summed E-state index contributed by atoms with van der Waals surface area (Å²) in [6.45, 7) is 13.3. The first-order valence-corrected chi connectivity index (χ1v) is 7.42. The van der Waals surface area contributed by atoms with Crippen LogP contribution in [0.2, 0.25) is 0 Å². The molecule has 1 N–H and O–H groups in total. The van der Waals surface area contributed by atoms with E-state index in [2.05, 4.69) is 70.1 Å². The van der Waals surface area contributed by atoms with E-state index >= 15 is 0 Å². The molecule has 0 aliphatic carbocycles. The second kappa shape index (κ2) is 7.66. The molecular formula is C17H30N2. The predicted octanol–water partition coefficient (Wildman–Crippen LogP) is 3.68. The maximum absolute atomic E-state index is 3.63. The molecule has 0 saturated heterocycles. The molecule has 0 aliphatic heterocycles. The maximum Gasteiger partial charge on any atom is 0.0294 e. The van der Waals surface area contributed by atoms with Crippen molar-refractivity contribution in [2.24, 2.45) is 0 Å². The SMILES string of the molecule is Cc1ccc(C(C)NCCCN(C)C(C)C)c(C)c1. The van der Waals surface area contributed by atoms with Crippen LogP contribution in [0.5, 0.6) is 0 Å². The molecule has 1 unspecified atom stereocenters. The van der Waals surface area contributed by atoms with Crippen LogP contribution in [0.25, 0.3) is 0 Å². The number of hydrogen-bond donors (Lipinski definition) is 1. The van der Waals surface area contributed by atoms with Gasteiger partial charge in [0, 0.05) is 12.1 Å². The van der Waals surface area contributed by atoms with Crippen LogP contribution in [0.15, 0.2) is 18.2 Å². The Morgan fingerprint density at radius 3 is 2.42 bits per heavy atom. The molecule has 1 aromatic rings. The first-order chi connectivity index (χ1) is 8.91. The number of aryl methyl sites for hydroxylation is 2. The summed E-state index contributed by atoms with van der Waals surface area (Å²) in [7, 11) is 2.19. The lowest BCUT2D eigenvalue weighted by Crippen LogP contribution is -2.30. The van der Waals surface area contributed by atoms with Gasteiger partial charge in [0.2, 0.25) is 0 Å².